The largest absolute Gasteiger partial charge is 0.342 e. The molecule has 1 aliphatic carbocycles. The van der Waals surface area contributed by atoms with Crippen molar-refractivity contribution in [2.75, 3.05) is 6.54 Å². The third-order valence-corrected chi connectivity index (χ3v) is 5.34. The number of hydrogen-bond donors (Lipinski definition) is 1. The zero-order valence-corrected chi connectivity index (χ0v) is 13.9. The molecule has 1 saturated heterocycles. The number of amides is 2. The lowest BCUT2D eigenvalue weighted by Gasteiger charge is -2.48. The van der Waals surface area contributed by atoms with Crippen LogP contribution in [-0.2, 0) is 9.59 Å². The van der Waals surface area contributed by atoms with Crippen LogP contribution in [0.5, 0.6) is 0 Å². The maximum atomic E-state index is 12.8. The molecule has 4 heteroatoms. The highest BCUT2D eigenvalue weighted by Gasteiger charge is 2.45. The average molecular weight is 294 g/mol. The van der Waals surface area contributed by atoms with Gasteiger partial charge in [-0.2, -0.15) is 0 Å². The molecule has 0 aromatic rings. The Hall–Kier alpha value is -1.06. The predicted octanol–water partition coefficient (Wildman–Crippen LogP) is 2.72. The van der Waals surface area contributed by atoms with Crippen LogP contribution in [0.4, 0.5) is 0 Å². The second-order valence-corrected chi connectivity index (χ2v) is 7.29. The van der Waals surface area contributed by atoms with E-state index in [1.807, 2.05) is 11.8 Å². The molecule has 1 heterocycles. The maximum Gasteiger partial charge on any atom is 0.245 e. The molecule has 0 radical (unpaired) electrons. The van der Waals surface area contributed by atoms with Crippen LogP contribution < -0.4 is 5.32 Å². The minimum absolute atomic E-state index is 0.0355. The molecule has 2 aliphatic rings. The maximum absolute atomic E-state index is 12.8. The summed E-state index contributed by atoms with van der Waals surface area (Å²) in [5, 5.41) is 2.94. The van der Waals surface area contributed by atoms with Gasteiger partial charge in [-0.15, -0.1) is 0 Å². The summed E-state index contributed by atoms with van der Waals surface area (Å²) in [7, 11) is 0. The summed E-state index contributed by atoms with van der Waals surface area (Å²) in [5.41, 5.74) is 0.267. The van der Waals surface area contributed by atoms with E-state index in [1.54, 1.807) is 0 Å². The number of carbonyl (C=O) groups excluding carboxylic acids is 2. The fourth-order valence-corrected chi connectivity index (χ4v) is 3.71. The van der Waals surface area contributed by atoms with Crippen molar-refractivity contribution >= 4 is 11.8 Å². The normalized spacial score (nSPS) is 28.5. The van der Waals surface area contributed by atoms with Gasteiger partial charge in [0.1, 0.15) is 12.1 Å². The predicted molar refractivity (Wildman–Crippen MR) is 83.8 cm³/mol. The number of nitrogens with one attached hydrogen (secondary N) is 1. The first kappa shape index (κ1) is 16.3. The highest BCUT2D eigenvalue weighted by Crippen LogP contribution is 2.45. The van der Waals surface area contributed by atoms with E-state index in [4.69, 9.17) is 0 Å². The van der Waals surface area contributed by atoms with Crippen molar-refractivity contribution in [2.45, 2.75) is 78.3 Å². The SMILES string of the molecule is CCC1C(=O)NC(CC(C)C)C(=O)N1CC1(CC)CCC1. The second-order valence-electron chi connectivity index (χ2n) is 7.29. The molecule has 4 nitrogen and oxygen atoms in total. The molecule has 2 rings (SSSR count). The van der Waals surface area contributed by atoms with Gasteiger partial charge in [-0.05, 0) is 43.4 Å². The van der Waals surface area contributed by atoms with Crippen LogP contribution in [0, 0.1) is 11.3 Å². The molecule has 120 valence electrons. The Morgan fingerprint density at radius 3 is 2.38 bits per heavy atom. The van der Waals surface area contributed by atoms with E-state index in [-0.39, 0.29) is 29.3 Å². The van der Waals surface area contributed by atoms with Crippen LogP contribution in [0.3, 0.4) is 0 Å². The molecule has 0 bridgehead atoms. The second kappa shape index (κ2) is 6.37. The highest BCUT2D eigenvalue weighted by molar-refractivity contribution is 5.97. The summed E-state index contributed by atoms with van der Waals surface area (Å²) < 4.78 is 0. The van der Waals surface area contributed by atoms with Gasteiger partial charge in [0.2, 0.25) is 11.8 Å². The van der Waals surface area contributed by atoms with Crippen molar-refractivity contribution < 1.29 is 9.59 Å². The standard InChI is InChI=1S/C17H30N2O2/c1-5-14-15(20)18-13(10-12(3)4)16(21)19(14)11-17(6-2)8-7-9-17/h12-14H,5-11H2,1-4H3,(H,18,20). The lowest BCUT2D eigenvalue weighted by Crippen LogP contribution is -2.65. The number of nitrogens with zero attached hydrogens (tertiary/aromatic N) is 1. The molecular formula is C17H30N2O2. The quantitative estimate of drug-likeness (QED) is 0.819. The molecule has 0 aromatic heterocycles. The molecule has 2 unspecified atom stereocenters. The van der Waals surface area contributed by atoms with Crippen LogP contribution in [0.15, 0.2) is 0 Å². The van der Waals surface area contributed by atoms with Crippen molar-refractivity contribution in [3.05, 3.63) is 0 Å². The van der Waals surface area contributed by atoms with Crippen molar-refractivity contribution in [1.82, 2.24) is 10.2 Å². The van der Waals surface area contributed by atoms with Crippen molar-refractivity contribution in [1.29, 1.82) is 0 Å². The third kappa shape index (κ3) is 3.24. The number of rotatable bonds is 6. The van der Waals surface area contributed by atoms with Gasteiger partial charge in [-0.25, -0.2) is 0 Å². The van der Waals surface area contributed by atoms with E-state index in [9.17, 15) is 9.59 Å². The molecule has 1 N–H and O–H groups in total. The lowest BCUT2D eigenvalue weighted by atomic mass is 9.66. The summed E-state index contributed by atoms with van der Waals surface area (Å²) in [6.07, 6.45) is 6.18. The summed E-state index contributed by atoms with van der Waals surface area (Å²) in [4.78, 5) is 27.1. The van der Waals surface area contributed by atoms with E-state index in [1.165, 1.54) is 19.3 Å². The Morgan fingerprint density at radius 1 is 1.29 bits per heavy atom. The molecule has 21 heavy (non-hydrogen) atoms. The van der Waals surface area contributed by atoms with E-state index >= 15 is 0 Å². The fourth-order valence-electron chi connectivity index (χ4n) is 3.71. The Balaban J connectivity index is 2.16. The lowest BCUT2D eigenvalue weighted by molar-refractivity contribution is -0.153. The van der Waals surface area contributed by atoms with Gasteiger partial charge in [0.05, 0.1) is 0 Å². The van der Waals surface area contributed by atoms with E-state index in [0.717, 1.165) is 19.4 Å². The van der Waals surface area contributed by atoms with Crippen molar-refractivity contribution in [3.8, 4) is 0 Å². The average Bonchev–Trinajstić information content (AvgIpc) is 2.38. The molecule has 2 fully saturated rings. The van der Waals surface area contributed by atoms with Gasteiger partial charge in [-0.3, -0.25) is 9.59 Å². The number of carbonyl (C=O) groups is 2. The van der Waals surface area contributed by atoms with Crippen LogP contribution in [-0.4, -0.2) is 35.3 Å². The molecule has 2 atom stereocenters. The number of hydrogen-bond acceptors (Lipinski definition) is 2. The van der Waals surface area contributed by atoms with Crippen molar-refractivity contribution in [2.24, 2.45) is 11.3 Å². The van der Waals surface area contributed by atoms with E-state index < -0.39 is 0 Å². The highest BCUT2D eigenvalue weighted by atomic mass is 16.2. The van der Waals surface area contributed by atoms with Gasteiger partial charge in [0.25, 0.3) is 0 Å². The summed E-state index contributed by atoms with van der Waals surface area (Å²) >= 11 is 0. The van der Waals surface area contributed by atoms with Crippen LogP contribution in [0.25, 0.3) is 0 Å². The summed E-state index contributed by atoms with van der Waals surface area (Å²) in [6.45, 7) is 9.15. The van der Waals surface area contributed by atoms with Gasteiger partial charge in [0, 0.05) is 6.54 Å². The summed E-state index contributed by atoms with van der Waals surface area (Å²) in [6, 6.07) is -0.598. The first-order valence-corrected chi connectivity index (χ1v) is 8.53. The van der Waals surface area contributed by atoms with E-state index in [2.05, 4.69) is 26.1 Å². The van der Waals surface area contributed by atoms with Gasteiger partial charge in [-0.1, -0.05) is 34.1 Å². The molecule has 0 aromatic carbocycles. The minimum Gasteiger partial charge on any atom is -0.342 e. The van der Waals surface area contributed by atoms with E-state index in [0.29, 0.717) is 12.3 Å². The van der Waals surface area contributed by atoms with Gasteiger partial charge < -0.3 is 10.2 Å². The fraction of sp³-hybridized carbons (Fsp3) is 0.882. The molecular weight excluding hydrogens is 264 g/mol. The smallest absolute Gasteiger partial charge is 0.245 e. The monoisotopic (exact) mass is 294 g/mol. The topological polar surface area (TPSA) is 49.4 Å². The zero-order valence-electron chi connectivity index (χ0n) is 13.9. The molecule has 0 spiro atoms. The molecule has 1 aliphatic heterocycles. The number of piperazine rings is 1. The summed E-state index contributed by atoms with van der Waals surface area (Å²) in [5.74, 6) is 0.575. The first-order chi connectivity index (χ1) is 9.92. The zero-order chi connectivity index (χ0) is 15.6. The van der Waals surface area contributed by atoms with Crippen LogP contribution in [0.1, 0.15) is 66.2 Å². The van der Waals surface area contributed by atoms with Crippen molar-refractivity contribution in [3.63, 3.8) is 0 Å². The Labute approximate surface area is 128 Å². The Bertz CT molecular complexity index is 396. The van der Waals surface area contributed by atoms with Gasteiger partial charge >= 0.3 is 0 Å². The van der Waals surface area contributed by atoms with Gasteiger partial charge in [0.15, 0.2) is 0 Å². The molecule has 2 amide bonds. The first-order valence-electron chi connectivity index (χ1n) is 8.53. The Kier molecular flexibility index (Phi) is 4.95. The minimum atomic E-state index is -0.325. The molecule has 1 saturated carbocycles. The Morgan fingerprint density at radius 2 is 1.95 bits per heavy atom. The third-order valence-electron chi connectivity index (χ3n) is 5.34. The van der Waals surface area contributed by atoms with Crippen LogP contribution in [0.2, 0.25) is 0 Å². The van der Waals surface area contributed by atoms with Crippen LogP contribution >= 0.6 is 0 Å².